The highest BCUT2D eigenvalue weighted by atomic mass is 35.5. The first kappa shape index (κ1) is 23.0. The number of rotatable bonds is 8. The fourth-order valence-electron chi connectivity index (χ4n) is 2.52. The molecule has 9 heteroatoms. The van der Waals surface area contributed by atoms with Crippen LogP contribution in [0.15, 0.2) is 53.4 Å². The zero-order valence-corrected chi connectivity index (χ0v) is 16.4. The molecule has 0 saturated heterocycles. The molecule has 0 amide bonds. The standard InChI is InChI=1S/C18H21FN2O4S.ClH/c1-25-18(22)16-8-7-15(19)13-17(16)26(23,24)21(12-10-20)11-9-14-5-3-2-4-6-14;/h2-8,13H,9-12,20H2,1H3;1H. The summed E-state index contributed by atoms with van der Waals surface area (Å²) in [6.07, 6.45) is 0.461. The summed E-state index contributed by atoms with van der Waals surface area (Å²) in [5.74, 6) is -1.61. The number of carbonyl (C=O) groups excluding carboxylic acids is 1. The van der Waals surface area contributed by atoms with E-state index >= 15 is 0 Å². The molecule has 0 aliphatic carbocycles. The molecule has 0 aromatic heterocycles. The first-order chi connectivity index (χ1) is 12.4. The van der Waals surface area contributed by atoms with Crippen LogP contribution >= 0.6 is 12.4 Å². The Morgan fingerprint density at radius 2 is 1.81 bits per heavy atom. The van der Waals surface area contributed by atoms with Crippen LogP contribution in [0.25, 0.3) is 0 Å². The van der Waals surface area contributed by atoms with E-state index in [4.69, 9.17) is 5.73 Å². The second-order valence-corrected chi connectivity index (χ2v) is 7.47. The maximum atomic E-state index is 13.7. The van der Waals surface area contributed by atoms with Gasteiger partial charge < -0.3 is 10.5 Å². The van der Waals surface area contributed by atoms with Crippen molar-refractivity contribution in [3.8, 4) is 0 Å². The number of methoxy groups -OCH3 is 1. The normalized spacial score (nSPS) is 11.1. The van der Waals surface area contributed by atoms with Gasteiger partial charge in [0.15, 0.2) is 0 Å². The summed E-state index contributed by atoms with van der Waals surface area (Å²) in [5, 5.41) is 0. The summed E-state index contributed by atoms with van der Waals surface area (Å²) in [6.45, 7) is 0.295. The number of nitrogens with two attached hydrogens (primary N) is 1. The van der Waals surface area contributed by atoms with Gasteiger partial charge in [0.2, 0.25) is 10.0 Å². The average Bonchev–Trinajstić information content (AvgIpc) is 2.65. The van der Waals surface area contributed by atoms with E-state index in [1.165, 1.54) is 0 Å². The summed E-state index contributed by atoms with van der Waals surface area (Å²) >= 11 is 0. The average molecular weight is 417 g/mol. The van der Waals surface area contributed by atoms with Crippen LogP contribution in [0.2, 0.25) is 0 Å². The summed E-state index contributed by atoms with van der Waals surface area (Å²) < 4.78 is 45.5. The lowest BCUT2D eigenvalue weighted by molar-refractivity contribution is 0.0596. The minimum Gasteiger partial charge on any atom is -0.465 e. The predicted octanol–water partition coefficient (Wildman–Crippen LogP) is 2.23. The molecule has 0 unspecified atom stereocenters. The van der Waals surface area contributed by atoms with E-state index in [0.29, 0.717) is 6.42 Å². The highest BCUT2D eigenvalue weighted by Gasteiger charge is 2.29. The molecule has 0 fully saturated rings. The number of sulfonamides is 1. The molecule has 2 aromatic carbocycles. The quantitative estimate of drug-likeness (QED) is 0.666. The Bertz CT molecular complexity index is 863. The lowest BCUT2D eigenvalue weighted by Gasteiger charge is -2.22. The monoisotopic (exact) mass is 416 g/mol. The smallest absolute Gasteiger partial charge is 0.339 e. The van der Waals surface area contributed by atoms with Gasteiger partial charge in [-0.15, -0.1) is 12.4 Å². The topological polar surface area (TPSA) is 89.7 Å². The van der Waals surface area contributed by atoms with E-state index in [1.54, 1.807) is 0 Å². The van der Waals surface area contributed by atoms with Gasteiger partial charge >= 0.3 is 5.97 Å². The molecular weight excluding hydrogens is 395 g/mol. The summed E-state index contributed by atoms with van der Waals surface area (Å²) in [4.78, 5) is 11.5. The van der Waals surface area contributed by atoms with Crippen molar-refractivity contribution in [2.75, 3.05) is 26.7 Å². The Morgan fingerprint density at radius 1 is 1.15 bits per heavy atom. The van der Waals surface area contributed by atoms with Gasteiger partial charge in [-0.3, -0.25) is 0 Å². The van der Waals surface area contributed by atoms with Crippen LogP contribution < -0.4 is 5.73 Å². The molecule has 0 radical (unpaired) electrons. The van der Waals surface area contributed by atoms with Gasteiger partial charge in [0.25, 0.3) is 0 Å². The molecular formula is C18H22ClFN2O4S. The van der Waals surface area contributed by atoms with Crippen LogP contribution in [-0.2, 0) is 21.2 Å². The molecule has 2 aromatic rings. The van der Waals surface area contributed by atoms with Crippen molar-refractivity contribution in [1.29, 1.82) is 0 Å². The van der Waals surface area contributed by atoms with Crippen LogP contribution in [0.4, 0.5) is 4.39 Å². The highest BCUT2D eigenvalue weighted by molar-refractivity contribution is 7.89. The summed E-state index contributed by atoms with van der Waals surface area (Å²) in [7, 11) is -3.00. The van der Waals surface area contributed by atoms with Crippen LogP contribution in [0.1, 0.15) is 15.9 Å². The minimum atomic E-state index is -4.13. The van der Waals surface area contributed by atoms with E-state index in [2.05, 4.69) is 4.74 Å². The maximum Gasteiger partial charge on any atom is 0.339 e. The van der Waals surface area contributed by atoms with Gasteiger partial charge in [0.1, 0.15) is 5.82 Å². The number of carbonyl (C=O) groups is 1. The van der Waals surface area contributed by atoms with Gasteiger partial charge in [0, 0.05) is 19.6 Å². The van der Waals surface area contributed by atoms with Crippen molar-refractivity contribution in [2.45, 2.75) is 11.3 Å². The number of hydrogen-bond acceptors (Lipinski definition) is 5. The van der Waals surface area contributed by atoms with Gasteiger partial charge in [-0.25, -0.2) is 17.6 Å². The third kappa shape index (κ3) is 5.74. The second-order valence-electron chi connectivity index (χ2n) is 5.56. The van der Waals surface area contributed by atoms with Crippen molar-refractivity contribution < 1.29 is 22.3 Å². The molecule has 2 rings (SSSR count). The van der Waals surface area contributed by atoms with E-state index < -0.39 is 26.7 Å². The molecule has 0 saturated carbocycles. The number of esters is 1. The van der Waals surface area contributed by atoms with Gasteiger partial charge in [-0.2, -0.15) is 4.31 Å². The predicted molar refractivity (Wildman–Crippen MR) is 103 cm³/mol. The number of hydrogen-bond donors (Lipinski definition) is 1. The molecule has 2 N–H and O–H groups in total. The Morgan fingerprint density at radius 3 is 2.41 bits per heavy atom. The van der Waals surface area contributed by atoms with Crippen molar-refractivity contribution in [3.63, 3.8) is 0 Å². The van der Waals surface area contributed by atoms with Crippen LogP contribution in [0.5, 0.6) is 0 Å². The van der Waals surface area contributed by atoms with E-state index in [1.807, 2.05) is 30.3 Å². The van der Waals surface area contributed by atoms with Crippen LogP contribution in [0.3, 0.4) is 0 Å². The van der Waals surface area contributed by atoms with E-state index in [0.717, 1.165) is 35.2 Å². The summed E-state index contributed by atoms with van der Waals surface area (Å²) in [5.41, 5.74) is 6.30. The molecule has 0 atom stereocenters. The van der Waals surface area contributed by atoms with Gasteiger partial charge in [-0.05, 0) is 30.2 Å². The maximum absolute atomic E-state index is 13.7. The molecule has 0 bridgehead atoms. The van der Waals surface area contributed by atoms with Gasteiger partial charge in [0.05, 0.1) is 17.6 Å². The van der Waals surface area contributed by atoms with Crippen molar-refractivity contribution >= 4 is 28.4 Å². The Labute approximate surface area is 164 Å². The number of ether oxygens (including phenoxy) is 1. The third-order valence-corrected chi connectivity index (χ3v) is 5.78. The lowest BCUT2D eigenvalue weighted by Crippen LogP contribution is -2.37. The molecule has 0 aliphatic heterocycles. The molecule has 148 valence electrons. The summed E-state index contributed by atoms with van der Waals surface area (Å²) in [6, 6.07) is 12.3. The zero-order chi connectivity index (χ0) is 19.2. The molecule has 6 nitrogen and oxygen atoms in total. The van der Waals surface area contributed by atoms with Crippen LogP contribution in [0, 0.1) is 5.82 Å². The molecule has 0 heterocycles. The number of halogens is 2. The van der Waals surface area contributed by atoms with Crippen molar-refractivity contribution in [2.24, 2.45) is 5.73 Å². The number of benzene rings is 2. The molecule has 0 aliphatic rings. The Balaban J connectivity index is 0.00000364. The largest absolute Gasteiger partial charge is 0.465 e. The van der Waals surface area contributed by atoms with Crippen molar-refractivity contribution in [1.82, 2.24) is 4.31 Å². The Kier molecular flexibility index (Phi) is 8.84. The van der Waals surface area contributed by atoms with Crippen LogP contribution in [-0.4, -0.2) is 45.4 Å². The fraction of sp³-hybridized carbons (Fsp3) is 0.278. The minimum absolute atomic E-state index is 0. The SMILES string of the molecule is COC(=O)c1ccc(F)cc1S(=O)(=O)N(CCN)CCc1ccccc1.Cl. The second kappa shape index (κ2) is 10.4. The molecule has 27 heavy (non-hydrogen) atoms. The van der Waals surface area contributed by atoms with Crippen molar-refractivity contribution in [3.05, 3.63) is 65.5 Å². The zero-order valence-electron chi connectivity index (χ0n) is 14.8. The Hall–Kier alpha value is -2.00. The van der Waals surface area contributed by atoms with Gasteiger partial charge in [-0.1, -0.05) is 30.3 Å². The fourth-order valence-corrected chi connectivity index (χ4v) is 4.17. The lowest BCUT2D eigenvalue weighted by atomic mass is 10.1. The van der Waals surface area contributed by atoms with E-state index in [-0.39, 0.29) is 37.6 Å². The highest BCUT2D eigenvalue weighted by Crippen LogP contribution is 2.22. The molecule has 0 spiro atoms. The first-order valence-corrected chi connectivity index (χ1v) is 9.46. The van der Waals surface area contributed by atoms with E-state index in [9.17, 15) is 17.6 Å². The first-order valence-electron chi connectivity index (χ1n) is 8.02. The number of nitrogens with zero attached hydrogens (tertiary/aromatic N) is 1. The third-order valence-electron chi connectivity index (χ3n) is 3.84.